The molecule has 1 amide bonds. The van der Waals surface area contributed by atoms with Crippen molar-refractivity contribution in [2.24, 2.45) is 0 Å². The van der Waals surface area contributed by atoms with Crippen LogP contribution in [0.1, 0.15) is 16.2 Å². The largest absolute Gasteiger partial charge is 0.378 e. The molecule has 4 rings (SSSR count). The van der Waals surface area contributed by atoms with E-state index in [9.17, 15) is 13.9 Å². The summed E-state index contributed by atoms with van der Waals surface area (Å²) in [6.07, 6.45) is 2.80. The first-order valence-electron chi connectivity index (χ1n) is 9.61. The van der Waals surface area contributed by atoms with Crippen molar-refractivity contribution >= 4 is 28.0 Å². The van der Waals surface area contributed by atoms with E-state index in [0.717, 1.165) is 11.4 Å². The molecule has 0 unspecified atom stereocenters. The van der Waals surface area contributed by atoms with Gasteiger partial charge in [0, 0.05) is 42.7 Å². The number of benzene rings is 1. The van der Waals surface area contributed by atoms with E-state index in [0.29, 0.717) is 43.5 Å². The zero-order chi connectivity index (χ0) is 21.8. The summed E-state index contributed by atoms with van der Waals surface area (Å²) in [5.41, 5.74) is 1.87. The maximum atomic E-state index is 12.1. The summed E-state index contributed by atoms with van der Waals surface area (Å²) in [6.45, 7) is 2.62. The number of nitrogens with zero attached hydrogens (tertiary/aromatic N) is 4. The molecule has 3 aromatic rings. The van der Waals surface area contributed by atoms with Gasteiger partial charge in [-0.1, -0.05) is 5.16 Å². The second-order valence-electron chi connectivity index (χ2n) is 7.19. The standard InChI is InChI=1S/C20H23N5O5S/c1-31(27,28)13-16-12-18(25-8-10-29-11-9-25)24-19(22-16)14-2-4-15(5-3-14)23-20(26)17-6-7-21-30-17/h2-7,12,27-28H,8-11,13H2,1H3,(H,23,26). The van der Waals surface area contributed by atoms with Crippen molar-refractivity contribution < 1.29 is 23.2 Å². The van der Waals surface area contributed by atoms with Crippen molar-refractivity contribution in [3.8, 4) is 11.4 Å². The molecule has 0 radical (unpaired) electrons. The lowest BCUT2D eigenvalue weighted by Crippen LogP contribution is -2.37. The lowest BCUT2D eigenvalue weighted by atomic mass is 10.2. The number of hydrogen-bond acceptors (Lipinski definition) is 9. The van der Waals surface area contributed by atoms with E-state index in [1.807, 2.05) is 0 Å². The van der Waals surface area contributed by atoms with E-state index < -0.39 is 16.5 Å². The highest BCUT2D eigenvalue weighted by atomic mass is 32.3. The Morgan fingerprint density at radius 1 is 1.16 bits per heavy atom. The first-order chi connectivity index (χ1) is 14.9. The van der Waals surface area contributed by atoms with Crippen molar-refractivity contribution in [3.63, 3.8) is 0 Å². The number of nitrogens with one attached hydrogen (secondary N) is 1. The van der Waals surface area contributed by atoms with Crippen LogP contribution >= 0.6 is 10.6 Å². The van der Waals surface area contributed by atoms with Crippen LogP contribution in [-0.2, 0) is 10.5 Å². The third-order valence-electron chi connectivity index (χ3n) is 4.58. The fourth-order valence-electron chi connectivity index (χ4n) is 3.15. The summed E-state index contributed by atoms with van der Waals surface area (Å²) in [4.78, 5) is 23.4. The fourth-order valence-corrected chi connectivity index (χ4v) is 3.86. The number of hydrogen-bond donors (Lipinski definition) is 3. The van der Waals surface area contributed by atoms with Gasteiger partial charge in [0.1, 0.15) is 5.82 Å². The molecule has 11 heteroatoms. The zero-order valence-electron chi connectivity index (χ0n) is 16.9. The van der Waals surface area contributed by atoms with Gasteiger partial charge >= 0.3 is 0 Å². The Bertz CT molecular complexity index is 1030. The van der Waals surface area contributed by atoms with Crippen LogP contribution in [-0.4, -0.2) is 62.7 Å². The number of carbonyl (C=O) groups excluding carboxylic acids is 1. The van der Waals surface area contributed by atoms with Crippen molar-refractivity contribution in [1.29, 1.82) is 0 Å². The van der Waals surface area contributed by atoms with Crippen LogP contribution in [0.4, 0.5) is 11.5 Å². The van der Waals surface area contributed by atoms with Crippen LogP contribution < -0.4 is 10.2 Å². The number of morpholine rings is 1. The van der Waals surface area contributed by atoms with Gasteiger partial charge < -0.3 is 19.5 Å². The van der Waals surface area contributed by atoms with Crippen molar-refractivity contribution in [2.75, 3.05) is 42.8 Å². The third-order valence-corrected chi connectivity index (χ3v) is 5.43. The average Bonchev–Trinajstić information content (AvgIpc) is 3.29. The maximum absolute atomic E-state index is 12.1. The minimum atomic E-state index is -2.76. The molecule has 1 aromatic carbocycles. The lowest BCUT2D eigenvalue weighted by molar-refractivity contribution is 0.0988. The molecular formula is C20H23N5O5S. The van der Waals surface area contributed by atoms with Gasteiger partial charge in [-0.15, -0.1) is 0 Å². The average molecular weight is 446 g/mol. The lowest BCUT2D eigenvalue weighted by Gasteiger charge is -2.30. The summed E-state index contributed by atoms with van der Waals surface area (Å²) in [5, 5.41) is 6.25. The summed E-state index contributed by atoms with van der Waals surface area (Å²) in [7, 11) is -2.76. The number of amides is 1. The summed E-state index contributed by atoms with van der Waals surface area (Å²) in [5.74, 6) is 0.955. The second kappa shape index (κ2) is 9.02. The number of anilines is 2. The highest BCUT2D eigenvalue weighted by molar-refractivity contribution is 8.23. The first-order valence-corrected chi connectivity index (χ1v) is 11.7. The van der Waals surface area contributed by atoms with Crippen molar-refractivity contribution in [3.05, 3.63) is 54.0 Å². The first kappa shape index (κ1) is 21.2. The topological polar surface area (TPSA) is 134 Å². The Morgan fingerprint density at radius 3 is 2.55 bits per heavy atom. The van der Waals surface area contributed by atoms with Gasteiger partial charge in [0.25, 0.3) is 5.91 Å². The fraction of sp³-hybridized carbons (Fsp3) is 0.300. The number of rotatable bonds is 6. The molecule has 1 aliphatic rings. The molecule has 0 saturated carbocycles. The SMILES string of the molecule is CS(O)(O)Cc1cc(N2CCOCC2)nc(-c2ccc(NC(=O)c3ccno3)cc2)n1. The minimum Gasteiger partial charge on any atom is -0.378 e. The summed E-state index contributed by atoms with van der Waals surface area (Å²) >= 11 is 0. The minimum absolute atomic E-state index is 0.0468. The Hall–Kier alpha value is -2.99. The number of carbonyl (C=O) groups is 1. The molecule has 10 nitrogen and oxygen atoms in total. The molecular weight excluding hydrogens is 422 g/mol. The molecule has 0 aliphatic carbocycles. The molecule has 3 N–H and O–H groups in total. The van der Waals surface area contributed by atoms with Gasteiger partial charge in [-0.25, -0.2) is 9.97 Å². The molecule has 164 valence electrons. The third kappa shape index (κ3) is 5.58. The molecule has 0 bridgehead atoms. The van der Waals surface area contributed by atoms with E-state index in [1.165, 1.54) is 18.5 Å². The monoisotopic (exact) mass is 445 g/mol. The predicted molar refractivity (Wildman–Crippen MR) is 117 cm³/mol. The van der Waals surface area contributed by atoms with Gasteiger partial charge in [-0.3, -0.25) is 13.9 Å². The molecule has 0 atom stereocenters. The van der Waals surface area contributed by atoms with E-state index in [1.54, 1.807) is 30.3 Å². The van der Waals surface area contributed by atoms with Crippen LogP contribution in [0.2, 0.25) is 0 Å². The highest BCUT2D eigenvalue weighted by Gasteiger charge is 2.18. The molecule has 31 heavy (non-hydrogen) atoms. The Kier molecular flexibility index (Phi) is 6.18. The Balaban J connectivity index is 1.59. The number of aromatic nitrogens is 3. The highest BCUT2D eigenvalue weighted by Crippen LogP contribution is 2.38. The summed E-state index contributed by atoms with van der Waals surface area (Å²) in [6, 6.07) is 10.3. The zero-order valence-corrected chi connectivity index (χ0v) is 17.7. The van der Waals surface area contributed by atoms with Gasteiger partial charge in [0.15, 0.2) is 5.82 Å². The molecule has 3 heterocycles. The van der Waals surface area contributed by atoms with E-state index in [2.05, 4.69) is 25.3 Å². The van der Waals surface area contributed by atoms with Crippen molar-refractivity contribution in [1.82, 2.24) is 15.1 Å². The normalized spacial score (nSPS) is 15.0. The number of ether oxygens (including phenoxy) is 1. The quantitative estimate of drug-likeness (QED) is 0.523. The molecule has 2 aromatic heterocycles. The Labute approximate surface area is 180 Å². The maximum Gasteiger partial charge on any atom is 0.294 e. The van der Waals surface area contributed by atoms with Crippen LogP contribution in [0.25, 0.3) is 11.4 Å². The van der Waals surface area contributed by atoms with Gasteiger partial charge in [-0.2, -0.15) is 10.6 Å². The van der Waals surface area contributed by atoms with Crippen LogP contribution in [0.5, 0.6) is 0 Å². The van der Waals surface area contributed by atoms with E-state index >= 15 is 0 Å². The Morgan fingerprint density at radius 2 is 1.90 bits per heavy atom. The molecule has 1 aliphatic heterocycles. The molecule has 1 fully saturated rings. The molecule has 0 spiro atoms. The summed E-state index contributed by atoms with van der Waals surface area (Å²) < 4.78 is 30.1. The van der Waals surface area contributed by atoms with Gasteiger partial charge in [-0.05, 0) is 24.3 Å². The van der Waals surface area contributed by atoms with Crippen LogP contribution in [0.15, 0.2) is 47.1 Å². The second-order valence-corrected chi connectivity index (χ2v) is 9.46. The molecule has 1 saturated heterocycles. The van der Waals surface area contributed by atoms with E-state index in [4.69, 9.17) is 9.26 Å². The van der Waals surface area contributed by atoms with Gasteiger partial charge in [0.05, 0.1) is 30.9 Å². The van der Waals surface area contributed by atoms with Crippen molar-refractivity contribution in [2.45, 2.75) is 5.75 Å². The van der Waals surface area contributed by atoms with E-state index in [-0.39, 0.29) is 11.5 Å². The predicted octanol–water partition coefficient (Wildman–Crippen LogP) is 3.10. The van der Waals surface area contributed by atoms with Crippen LogP contribution in [0.3, 0.4) is 0 Å². The van der Waals surface area contributed by atoms with Gasteiger partial charge in [0.2, 0.25) is 5.76 Å². The van der Waals surface area contributed by atoms with Crippen LogP contribution in [0, 0.1) is 0 Å². The smallest absolute Gasteiger partial charge is 0.294 e.